The predicted molar refractivity (Wildman–Crippen MR) is 119 cm³/mol. The number of benzene rings is 2. The van der Waals surface area contributed by atoms with Gasteiger partial charge in [0, 0.05) is 40.6 Å². The van der Waals surface area contributed by atoms with E-state index in [1.807, 2.05) is 0 Å². The van der Waals surface area contributed by atoms with Gasteiger partial charge in [0.2, 0.25) is 0 Å². The van der Waals surface area contributed by atoms with Crippen molar-refractivity contribution in [1.82, 2.24) is 0 Å². The Kier molecular flexibility index (Phi) is 8.65. The van der Waals surface area contributed by atoms with Gasteiger partial charge in [-0.3, -0.25) is 0 Å². The van der Waals surface area contributed by atoms with Crippen LogP contribution in [0.1, 0.15) is 37.0 Å². The summed E-state index contributed by atoms with van der Waals surface area (Å²) in [5.41, 5.74) is 8.64. The van der Waals surface area contributed by atoms with Crippen LogP contribution < -0.4 is 0 Å². The van der Waals surface area contributed by atoms with Crippen molar-refractivity contribution in [2.75, 3.05) is 0 Å². The SMILES string of the molecule is CC(C)(C1=CC=CC1)c1c(Br)ccc2c1Cc1cc(Br)ccc1-2.Cl.Cl.[Zr]. The standard InChI is InChI=1S/C21H18Br2.2ClH.Zr/c1-21(2,14-5-3-4-6-14)20-18-12-13-11-15(22)7-8-16(13)17(18)9-10-19(20)23;;;/h3-5,7-11H,6,12H2,1-2H3;2*1H;. The molecular weight excluding hydrogens is 574 g/mol. The Morgan fingerprint density at radius 3 is 2.31 bits per heavy atom. The topological polar surface area (TPSA) is 0 Å². The van der Waals surface area contributed by atoms with E-state index in [0.717, 1.165) is 17.3 Å². The van der Waals surface area contributed by atoms with Crippen LogP contribution in [0.5, 0.6) is 0 Å². The molecule has 136 valence electrons. The summed E-state index contributed by atoms with van der Waals surface area (Å²) in [5, 5.41) is 0. The molecule has 0 aliphatic heterocycles. The molecular formula is C21H20Br2Cl2Zr. The van der Waals surface area contributed by atoms with E-state index in [4.69, 9.17) is 0 Å². The van der Waals surface area contributed by atoms with E-state index in [1.165, 1.54) is 37.9 Å². The third-order valence-corrected chi connectivity index (χ3v) is 6.34. The van der Waals surface area contributed by atoms with Crippen molar-refractivity contribution in [1.29, 1.82) is 0 Å². The summed E-state index contributed by atoms with van der Waals surface area (Å²) in [4.78, 5) is 0. The first kappa shape index (κ1) is 24.4. The van der Waals surface area contributed by atoms with Gasteiger partial charge in [0.05, 0.1) is 0 Å². The summed E-state index contributed by atoms with van der Waals surface area (Å²) >= 11 is 7.44. The summed E-state index contributed by atoms with van der Waals surface area (Å²) in [7, 11) is 0. The molecule has 0 saturated carbocycles. The first-order chi connectivity index (χ1) is 11.0. The number of hydrogen-bond donors (Lipinski definition) is 0. The monoisotopic (exact) mass is 590 g/mol. The average Bonchev–Trinajstić information content (AvgIpc) is 3.13. The smallest absolute Gasteiger partial charge is 0.0219 e. The molecule has 0 saturated heterocycles. The van der Waals surface area contributed by atoms with E-state index in [0.29, 0.717) is 0 Å². The number of rotatable bonds is 2. The minimum absolute atomic E-state index is 0. The molecule has 0 spiro atoms. The van der Waals surface area contributed by atoms with E-state index >= 15 is 0 Å². The Balaban J connectivity index is 0.00000113. The van der Waals surface area contributed by atoms with Gasteiger partial charge >= 0.3 is 0 Å². The van der Waals surface area contributed by atoms with Gasteiger partial charge in [0.15, 0.2) is 0 Å². The summed E-state index contributed by atoms with van der Waals surface area (Å²) < 4.78 is 2.38. The number of hydrogen-bond acceptors (Lipinski definition) is 0. The van der Waals surface area contributed by atoms with Crippen molar-refractivity contribution in [2.45, 2.75) is 32.1 Å². The van der Waals surface area contributed by atoms with Gasteiger partial charge in [-0.15, -0.1) is 24.8 Å². The van der Waals surface area contributed by atoms with Crippen LogP contribution >= 0.6 is 56.7 Å². The van der Waals surface area contributed by atoms with Crippen LogP contribution in [-0.2, 0) is 38.0 Å². The summed E-state index contributed by atoms with van der Waals surface area (Å²) in [6.07, 6.45) is 8.79. The normalized spacial score (nSPS) is 13.8. The zero-order valence-corrected chi connectivity index (χ0v) is 21.9. The van der Waals surface area contributed by atoms with Gasteiger partial charge in [-0.05, 0) is 58.9 Å². The quantitative estimate of drug-likeness (QED) is 0.284. The second-order valence-electron chi connectivity index (χ2n) is 6.88. The van der Waals surface area contributed by atoms with Crippen LogP contribution in [0.4, 0.5) is 0 Å². The summed E-state index contributed by atoms with van der Waals surface area (Å²) in [6, 6.07) is 11.1. The Bertz CT molecular complexity index is 886. The van der Waals surface area contributed by atoms with Gasteiger partial charge in [-0.25, -0.2) is 0 Å². The zero-order chi connectivity index (χ0) is 16.2. The minimum Gasteiger partial charge on any atom is -0.147 e. The van der Waals surface area contributed by atoms with Gasteiger partial charge in [-0.2, -0.15) is 0 Å². The average molecular weight is 594 g/mol. The summed E-state index contributed by atoms with van der Waals surface area (Å²) in [6.45, 7) is 4.70. The van der Waals surface area contributed by atoms with Gasteiger partial charge in [-0.1, -0.05) is 81.6 Å². The molecule has 0 N–H and O–H groups in total. The Morgan fingerprint density at radius 2 is 1.65 bits per heavy atom. The van der Waals surface area contributed by atoms with Crippen LogP contribution in [-0.4, -0.2) is 0 Å². The molecule has 0 unspecified atom stereocenters. The van der Waals surface area contributed by atoms with Crippen molar-refractivity contribution < 1.29 is 26.2 Å². The second-order valence-corrected chi connectivity index (χ2v) is 8.65. The molecule has 0 nitrogen and oxygen atoms in total. The Hall–Kier alpha value is 0.343. The van der Waals surface area contributed by atoms with Crippen LogP contribution in [0.15, 0.2) is 63.1 Å². The van der Waals surface area contributed by atoms with E-state index in [2.05, 4.69) is 94.3 Å². The fraction of sp³-hybridized carbons (Fsp3) is 0.238. The minimum atomic E-state index is 0. The first-order valence-corrected chi connectivity index (χ1v) is 9.54. The van der Waals surface area contributed by atoms with E-state index in [-0.39, 0.29) is 56.4 Å². The molecule has 0 amide bonds. The molecule has 4 rings (SSSR count). The van der Waals surface area contributed by atoms with Crippen molar-refractivity contribution in [2.24, 2.45) is 0 Å². The largest absolute Gasteiger partial charge is 0.147 e. The Morgan fingerprint density at radius 1 is 0.962 bits per heavy atom. The zero-order valence-electron chi connectivity index (χ0n) is 14.6. The maximum atomic E-state index is 3.84. The molecule has 2 aromatic rings. The molecule has 2 aliphatic rings. The van der Waals surface area contributed by atoms with Crippen molar-refractivity contribution >= 4 is 56.7 Å². The molecule has 26 heavy (non-hydrogen) atoms. The number of allylic oxidation sites excluding steroid dienone is 4. The van der Waals surface area contributed by atoms with Gasteiger partial charge in [0.25, 0.3) is 0 Å². The summed E-state index contributed by atoms with van der Waals surface area (Å²) in [5.74, 6) is 0. The molecule has 0 atom stereocenters. The van der Waals surface area contributed by atoms with Gasteiger partial charge < -0.3 is 0 Å². The third kappa shape index (κ3) is 4.03. The first-order valence-electron chi connectivity index (χ1n) is 7.95. The predicted octanol–water partition coefficient (Wildman–Crippen LogP) is 7.79. The maximum absolute atomic E-state index is 3.84. The number of halogens is 4. The molecule has 0 radical (unpaired) electrons. The molecule has 5 heteroatoms. The van der Waals surface area contributed by atoms with Crippen molar-refractivity contribution in [3.05, 3.63) is 79.8 Å². The van der Waals surface area contributed by atoms with Crippen LogP contribution in [0.3, 0.4) is 0 Å². The third-order valence-electron chi connectivity index (χ3n) is 5.19. The molecule has 0 bridgehead atoms. The van der Waals surface area contributed by atoms with Crippen LogP contribution in [0.2, 0.25) is 0 Å². The molecule has 2 aliphatic carbocycles. The number of fused-ring (bicyclic) bond motifs is 3. The molecule has 0 aromatic heterocycles. The van der Waals surface area contributed by atoms with E-state index in [1.54, 1.807) is 0 Å². The molecule has 2 aromatic carbocycles. The van der Waals surface area contributed by atoms with Crippen molar-refractivity contribution in [3.8, 4) is 11.1 Å². The van der Waals surface area contributed by atoms with Crippen LogP contribution in [0, 0.1) is 0 Å². The van der Waals surface area contributed by atoms with Crippen molar-refractivity contribution in [3.63, 3.8) is 0 Å². The second kappa shape index (κ2) is 9.23. The van der Waals surface area contributed by atoms with E-state index in [9.17, 15) is 0 Å². The fourth-order valence-corrected chi connectivity index (χ4v) is 5.24. The Labute approximate surface area is 204 Å². The van der Waals surface area contributed by atoms with Crippen LogP contribution in [0.25, 0.3) is 11.1 Å². The molecule has 0 heterocycles. The van der Waals surface area contributed by atoms with E-state index < -0.39 is 0 Å². The van der Waals surface area contributed by atoms with Gasteiger partial charge in [0.1, 0.15) is 0 Å². The maximum Gasteiger partial charge on any atom is 0.0219 e. The fourth-order valence-electron chi connectivity index (χ4n) is 3.96. The molecule has 0 fully saturated rings.